The summed E-state index contributed by atoms with van der Waals surface area (Å²) in [5.41, 5.74) is -2.29. The molecule has 0 amide bonds. The Balaban J connectivity index is 1.60. The lowest BCUT2D eigenvalue weighted by atomic mass is 10.0. The molecule has 0 heterocycles. The average molecular weight is 540 g/mol. The van der Waals surface area contributed by atoms with E-state index in [1.807, 2.05) is 0 Å². The number of hydrogen-bond donors (Lipinski definition) is 0. The first kappa shape index (κ1) is 27.1. The Kier molecular flexibility index (Phi) is 7.44. The van der Waals surface area contributed by atoms with Crippen LogP contribution in [0.3, 0.4) is 0 Å². The number of benzene rings is 4. The topological polar surface area (TPSA) is 9.23 Å². The number of alkyl halides is 2. The summed E-state index contributed by atoms with van der Waals surface area (Å²) in [5.74, 6) is -10.9. The first-order valence-electron chi connectivity index (χ1n) is 11.2. The van der Waals surface area contributed by atoms with Gasteiger partial charge in [-0.15, -0.1) is 0 Å². The van der Waals surface area contributed by atoms with Crippen LogP contribution in [-0.2, 0) is 12.5 Å². The van der Waals surface area contributed by atoms with Gasteiger partial charge in [0.1, 0.15) is 5.82 Å². The molecule has 0 unspecified atom stereocenters. The molecular weight excluding hydrogens is 523 g/mol. The first-order chi connectivity index (χ1) is 17.9. The highest BCUT2D eigenvalue weighted by Gasteiger charge is 2.36. The fourth-order valence-electron chi connectivity index (χ4n) is 3.86. The van der Waals surface area contributed by atoms with Crippen molar-refractivity contribution in [3.63, 3.8) is 0 Å². The highest BCUT2D eigenvalue weighted by Crippen LogP contribution is 2.37. The van der Waals surface area contributed by atoms with Gasteiger partial charge in [-0.25, -0.2) is 30.7 Å². The molecule has 4 aromatic rings. The lowest BCUT2D eigenvalue weighted by Crippen LogP contribution is -2.22. The monoisotopic (exact) mass is 540 g/mol. The maximum absolute atomic E-state index is 14.7. The largest absolute Gasteiger partial charge is 0.426 e. The number of halogens is 9. The van der Waals surface area contributed by atoms with E-state index in [1.54, 1.807) is 6.92 Å². The molecule has 4 rings (SSSR count). The lowest BCUT2D eigenvalue weighted by Gasteiger charge is -2.20. The van der Waals surface area contributed by atoms with Crippen LogP contribution in [0.15, 0.2) is 60.7 Å². The van der Waals surface area contributed by atoms with Gasteiger partial charge >= 0.3 is 6.11 Å². The van der Waals surface area contributed by atoms with Gasteiger partial charge in [0.2, 0.25) is 0 Å². The van der Waals surface area contributed by atoms with Crippen LogP contribution in [0.1, 0.15) is 24.5 Å². The molecule has 4 aromatic carbocycles. The summed E-state index contributed by atoms with van der Waals surface area (Å²) >= 11 is 0. The molecule has 0 N–H and O–H groups in total. The molecule has 0 aliphatic rings. The Hall–Kier alpha value is -3.95. The van der Waals surface area contributed by atoms with Gasteiger partial charge in [-0.3, -0.25) is 0 Å². The van der Waals surface area contributed by atoms with Crippen molar-refractivity contribution < 1.29 is 44.3 Å². The maximum Gasteiger partial charge on any atom is 0.426 e. The van der Waals surface area contributed by atoms with E-state index in [2.05, 4.69) is 4.74 Å². The standard InChI is InChI=1S/C28H17F9O/c1-2-3-14-4-7-19(26(34)25(14)33)15-5-9-24(21(30)10-15)38-28(36,37)17-6-8-18(20(29)13-17)16-11-22(31)27(35)23(32)12-16/h4-13H,2-3H2,1H3. The van der Waals surface area contributed by atoms with E-state index in [4.69, 9.17) is 0 Å². The second kappa shape index (κ2) is 10.4. The van der Waals surface area contributed by atoms with Crippen molar-refractivity contribution in [2.24, 2.45) is 0 Å². The lowest BCUT2D eigenvalue weighted by molar-refractivity contribution is -0.187. The van der Waals surface area contributed by atoms with Gasteiger partial charge in [-0.1, -0.05) is 37.6 Å². The fraction of sp³-hybridized carbons (Fsp3) is 0.143. The normalized spacial score (nSPS) is 11.6. The molecule has 0 radical (unpaired) electrons. The Morgan fingerprint density at radius 2 is 1.24 bits per heavy atom. The summed E-state index contributed by atoms with van der Waals surface area (Å²) in [5, 5.41) is 0. The van der Waals surface area contributed by atoms with Crippen LogP contribution in [0.4, 0.5) is 39.5 Å². The molecule has 198 valence electrons. The van der Waals surface area contributed by atoms with Crippen molar-refractivity contribution in [2.45, 2.75) is 25.9 Å². The van der Waals surface area contributed by atoms with Gasteiger partial charge in [0.15, 0.2) is 40.7 Å². The average Bonchev–Trinajstić information content (AvgIpc) is 2.86. The molecule has 0 saturated carbocycles. The van der Waals surface area contributed by atoms with Gasteiger partial charge < -0.3 is 4.74 Å². The van der Waals surface area contributed by atoms with Gasteiger partial charge in [-0.2, -0.15) is 8.78 Å². The van der Waals surface area contributed by atoms with Crippen LogP contribution in [0.25, 0.3) is 22.3 Å². The van der Waals surface area contributed by atoms with Crippen molar-refractivity contribution in [3.05, 3.63) is 113 Å². The summed E-state index contributed by atoms with van der Waals surface area (Å²) in [7, 11) is 0. The number of ether oxygens (including phenoxy) is 1. The summed E-state index contributed by atoms with van der Waals surface area (Å²) in [6.07, 6.45) is -3.42. The molecule has 0 spiro atoms. The van der Waals surface area contributed by atoms with Crippen LogP contribution in [0.2, 0.25) is 0 Å². The van der Waals surface area contributed by atoms with E-state index < -0.39 is 69.3 Å². The van der Waals surface area contributed by atoms with Gasteiger partial charge in [0.05, 0.1) is 5.56 Å². The summed E-state index contributed by atoms with van der Waals surface area (Å²) < 4.78 is 132. The van der Waals surface area contributed by atoms with Gasteiger partial charge in [-0.05, 0) is 59.5 Å². The van der Waals surface area contributed by atoms with Crippen molar-refractivity contribution in [1.29, 1.82) is 0 Å². The van der Waals surface area contributed by atoms with E-state index in [-0.39, 0.29) is 16.7 Å². The molecule has 10 heteroatoms. The zero-order valence-corrected chi connectivity index (χ0v) is 19.5. The first-order valence-corrected chi connectivity index (χ1v) is 11.2. The van der Waals surface area contributed by atoms with E-state index >= 15 is 0 Å². The van der Waals surface area contributed by atoms with Crippen molar-refractivity contribution >= 4 is 0 Å². The molecule has 0 saturated heterocycles. The Morgan fingerprint density at radius 3 is 1.84 bits per heavy atom. The molecule has 38 heavy (non-hydrogen) atoms. The molecule has 0 aliphatic heterocycles. The minimum absolute atomic E-state index is 0.133. The predicted octanol–water partition coefficient (Wildman–Crippen LogP) is 9.08. The maximum atomic E-state index is 14.7. The Bertz CT molecular complexity index is 1490. The molecule has 1 nitrogen and oxygen atoms in total. The van der Waals surface area contributed by atoms with Crippen LogP contribution < -0.4 is 4.74 Å². The SMILES string of the molecule is CCCc1ccc(-c2ccc(OC(F)(F)c3ccc(-c4cc(F)c(F)c(F)c4)c(F)c3)c(F)c2)c(F)c1F. The van der Waals surface area contributed by atoms with Crippen molar-refractivity contribution in [3.8, 4) is 28.0 Å². The Labute approximate surface area is 211 Å². The van der Waals surface area contributed by atoms with Crippen LogP contribution in [-0.4, -0.2) is 0 Å². The molecule has 0 fully saturated rings. The Morgan fingerprint density at radius 1 is 0.605 bits per heavy atom. The van der Waals surface area contributed by atoms with Crippen molar-refractivity contribution in [1.82, 2.24) is 0 Å². The van der Waals surface area contributed by atoms with E-state index in [0.29, 0.717) is 43.2 Å². The number of hydrogen-bond acceptors (Lipinski definition) is 1. The second-order valence-corrected chi connectivity index (χ2v) is 8.36. The van der Waals surface area contributed by atoms with E-state index in [0.717, 1.165) is 18.2 Å². The third kappa shape index (κ3) is 5.20. The number of rotatable bonds is 7. The predicted molar refractivity (Wildman–Crippen MR) is 122 cm³/mol. The highest BCUT2D eigenvalue weighted by molar-refractivity contribution is 5.66. The quantitative estimate of drug-likeness (QED) is 0.168. The third-order valence-corrected chi connectivity index (χ3v) is 5.76. The smallest absolute Gasteiger partial charge is 0.426 e. The van der Waals surface area contributed by atoms with Crippen LogP contribution in [0, 0.1) is 40.7 Å². The molecule has 0 bridgehead atoms. The summed E-state index contributed by atoms with van der Waals surface area (Å²) in [4.78, 5) is 0. The van der Waals surface area contributed by atoms with E-state index in [1.165, 1.54) is 12.1 Å². The van der Waals surface area contributed by atoms with Crippen LogP contribution in [0.5, 0.6) is 5.75 Å². The summed E-state index contributed by atoms with van der Waals surface area (Å²) in [6, 6.07) is 7.87. The molecule has 0 aromatic heterocycles. The fourth-order valence-corrected chi connectivity index (χ4v) is 3.86. The van der Waals surface area contributed by atoms with Gasteiger partial charge in [0, 0.05) is 11.1 Å². The molecular formula is C28H17F9O. The minimum Gasteiger partial charge on any atom is -0.426 e. The molecule has 0 atom stereocenters. The molecule has 0 aliphatic carbocycles. The number of aryl methyl sites for hydroxylation is 1. The zero-order chi connectivity index (χ0) is 27.8. The summed E-state index contributed by atoms with van der Waals surface area (Å²) in [6.45, 7) is 1.78. The third-order valence-electron chi connectivity index (χ3n) is 5.76. The van der Waals surface area contributed by atoms with Crippen LogP contribution >= 0.6 is 0 Å². The van der Waals surface area contributed by atoms with Crippen molar-refractivity contribution in [2.75, 3.05) is 0 Å². The van der Waals surface area contributed by atoms with E-state index in [9.17, 15) is 39.5 Å². The minimum atomic E-state index is -4.28. The second-order valence-electron chi connectivity index (χ2n) is 8.36. The highest BCUT2D eigenvalue weighted by atomic mass is 19.3. The zero-order valence-electron chi connectivity index (χ0n) is 19.5. The van der Waals surface area contributed by atoms with Gasteiger partial charge in [0.25, 0.3) is 0 Å².